The Hall–Kier alpha value is -0.610. The number of carbonyl (C=O) groups excluding carboxylic acids is 1. The van der Waals surface area contributed by atoms with E-state index in [1.807, 2.05) is 0 Å². The normalized spacial score (nSPS) is 28.8. The number of methoxy groups -OCH3 is 1. The van der Waals surface area contributed by atoms with Gasteiger partial charge in [-0.05, 0) is 33.2 Å². The summed E-state index contributed by atoms with van der Waals surface area (Å²) in [5, 5.41) is 6.28. The molecule has 4 heteroatoms. The van der Waals surface area contributed by atoms with E-state index < -0.39 is 0 Å². The van der Waals surface area contributed by atoms with Crippen molar-refractivity contribution < 1.29 is 9.53 Å². The molecule has 1 amide bonds. The minimum Gasteiger partial charge on any atom is -0.372 e. The molecule has 1 aliphatic heterocycles. The maximum Gasteiger partial charge on any atom is 0.248 e. The van der Waals surface area contributed by atoms with Crippen LogP contribution in [0.1, 0.15) is 26.7 Å². The van der Waals surface area contributed by atoms with Crippen molar-refractivity contribution in [3.63, 3.8) is 0 Å². The summed E-state index contributed by atoms with van der Waals surface area (Å²) < 4.78 is 4.93. The second-order valence-electron chi connectivity index (χ2n) is 4.19. The van der Waals surface area contributed by atoms with E-state index in [-0.39, 0.29) is 17.6 Å². The second-order valence-corrected chi connectivity index (χ2v) is 4.19. The van der Waals surface area contributed by atoms with E-state index in [2.05, 4.69) is 17.6 Å². The summed E-state index contributed by atoms with van der Waals surface area (Å²) in [6.45, 7) is 5.61. The molecule has 1 heterocycles. The lowest BCUT2D eigenvalue weighted by atomic mass is 10.0. The summed E-state index contributed by atoms with van der Waals surface area (Å²) in [7, 11) is 1.54. The Labute approximate surface area is 85.4 Å². The molecule has 1 saturated heterocycles. The van der Waals surface area contributed by atoms with E-state index in [1.165, 1.54) is 6.42 Å². The predicted octanol–water partition coefficient (Wildman–Crippen LogP) is 0.280. The van der Waals surface area contributed by atoms with E-state index >= 15 is 0 Å². The molecule has 14 heavy (non-hydrogen) atoms. The van der Waals surface area contributed by atoms with E-state index in [9.17, 15) is 4.79 Å². The molecule has 82 valence electrons. The van der Waals surface area contributed by atoms with Gasteiger partial charge in [-0.3, -0.25) is 4.79 Å². The summed E-state index contributed by atoms with van der Waals surface area (Å²) in [5.74, 6) is -0.0394. The van der Waals surface area contributed by atoms with Crippen molar-refractivity contribution in [1.29, 1.82) is 0 Å². The Morgan fingerprint density at radius 3 is 2.93 bits per heavy atom. The highest BCUT2D eigenvalue weighted by atomic mass is 16.5. The second kappa shape index (κ2) is 4.75. The van der Waals surface area contributed by atoms with Crippen molar-refractivity contribution in [2.45, 2.75) is 38.3 Å². The fourth-order valence-electron chi connectivity index (χ4n) is 1.64. The van der Waals surface area contributed by atoms with E-state index in [1.54, 1.807) is 14.0 Å². The first-order valence-electron chi connectivity index (χ1n) is 5.13. The van der Waals surface area contributed by atoms with Crippen LogP contribution in [0.3, 0.4) is 0 Å². The third kappa shape index (κ3) is 2.96. The number of hydrogen-bond donors (Lipinski definition) is 2. The molecule has 0 aromatic heterocycles. The lowest BCUT2D eigenvalue weighted by Crippen LogP contribution is -2.49. The maximum absolute atomic E-state index is 11.4. The molecule has 1 fully saturated rings. The number of amides is 1. The molecule has 0 spiro atoms. The van der Waals surface area contributed by atoms with Crippen molar-refractivity contribution in [3.05, 3.63) is 0 Å². The summed E-state index contributed by atoms with van der Waals surface area (Å²) in [6, 6.07) is 0. The minimum absolute atomic E-state index is 0.0394. The third-order valence-corrected chi connectivity index (χ3v) is 2.83. The topological polar surface area (TPSA) is 50.4 Å². The first-order chi connectivity index (χ1) is 6.57. The number of ether oxygens (including phenoxy) is 1. The van der Waals surface area contributed by atoms with Crippen LogP contribution in [-0.2, 0) is 9.53 Å². The van der Waals surface area contributed by atoms with Gasteiger partial charge < -0.3 is 15.4 Å². The smallest absolute Gasteiger partial charge is 0.248 e. The molecule has 0 aliphatic carbocycles. The fourth-order valence-corrected chi connectivity index (χ4v) is 1.64. The monoisotopic (exact) mass is 200 g/mol. The van der Waals surface area contributed by atoms with Crippen LogP contribution in [0.15, 0.2) is 0 Å². The summed E-state index contributed by atoms with van der Waals surface area (Å²) in [5.41, 5.74) is 0.0725. The van der Waals surface area contributed by atoms with Crippen LogP contribution in [0.5, 0.6) is 0 Å². The molecule has 0 radical (unpaired) electrons. The van der Waals surface area contributed by atoms with Crippen LogP contribution in [0, 0.1) is 0 Å². The lowest BCUT2D eigenvalue weighted by Gasteiger charge is -2.25. The van der Waals surface area contributed by atoms with E-state index in [4.69, 9.17) is 4.74 Å². The van der Waals surface area contributed by atoms with E-state index in [0.29, 0.717) is 6.54 Å². The van der Waals surface area contributed by atoms with Gasteiger partial charge in [-0.2, -0.15) is 0 Å². The van der Waals surface area contributed by atoms with E-state index in [0.717, 1.165) is 13.0 Å². The van der Waals surface area contributed by atoms with Crippen LogP contribution in [0.4, 0.5) is 0 Å². The van der Waals surface area contributed by atoms with Crippen LogP contribution in [0.25, 0.3) is 0 Å². The highest BCUT2D eigenvalue weighted by Gasteiger charge is 2.28. The molecule has 1 rings (SSSR count). The van der Waals surface area contributed by atoms with Crippen LogP contribution >= 0.6 is 0 Å². The third-order valence-electron chi connectivity index (χ3n) is 2.83. The Morgan fingerprint density at radius 1 is 1.71 bits per heavy atom. The van der Waals surface area contributed by atoms with Gasteiger partial charge in [0, 0.05) is 19.2 Å². The molecule has 2 N–H and O–H groups in total. The fraction of sp³-hybridized carbons (Fsp3) is 0.900. The van der Waals surface area contributed by atoms with Gasteiger partial charge in [0.05, 0.1) is 0 Å². The molecular formula is C10H20N2O2. The van der Waals surface area contributed by atoms with Gasteiger partial charge in [0.1, 0.15) is 6.10 Å². The summed E-state index contributed by atoms with van der Waals surface area (Å²) >= 11 is 0. The summed E-state index contributed by atoms with van der Waals surface area (Å²) in [4.78, 5) is 11.4. The molecule has 2 atom stereocenters. The maximum atomic E-state index is 11.4. The quantitative estimate of drug-likeness (QED) is 0.685. The molecule has 4 nitrogen and oxygen atoms in total. The standard InChI is InChI=1S/C10H20N2O2/c1-8(14-3)9(13)11-7-10(2)5-4-6-12-10/h8,12H,4-7H2,1-3H3,(H,11,13). The zero-order valence-electron chi connectivity index (χ0n) is 9.22. The van der Waals surface area contributed by atoms with Crippen molar-refractivity contribution >= 4 is 5.91 Å². The average Bonchev–Trinajstić information content (AvgIpc) is 2.61. The zero-order chi connectivity index (χ0) is 10.6. The number of nitrogens with one attached hydrogen (secondary N) is 2. The Morgan fingerprint density at radius 2 is 2.43 bits per heavy atom. The Balaban J connectivity index is 2.29. The van der Waals surface area contributed by atoms with Gasteiger partial charge in [-0.1, -0.05) is 0 Å². The molecule has 2 unspecified atom stereocenters. The molecule has 0 saturated carbocycles. The first kappa shape index (κ1) is 11.5. The highest BCUT2D eigenvalue weighted by Crippen LogP contribution is 2.16. The van der Waals surface area contributed by atoms with Gasteiger partial charge >= 0.3 is 0 Å². The Kier molecular flexibility index (Phi) is 3.89. The number of hydrogen-bond acceptors (Lipinski definition) is 3. The molecular weight excluding hydrogens is 180 g/mol. The van der Waals surface area contributed by atoms with Gasteiger partial charge in [-0.25, -0.2) is 0 Å². The van der Waals surface area contributed by atoms with Crippen LogP contribution in [-0.4, -0.2) is 37.7 Å². The van der Waals surface area contributed by atoms with Crippen LogP contribution in [0.2, 0.25) is 0 Å². The SMILES string of the molecule is COC(C)C(=O)NCC1(C)CCCN1. The van der Waals surface area contributed by atoms with Gasteiger partial charge in [0.15, 0.2) is 0 Å². The first-order valence-corrected chi connectivity index (χ1v) is 5.13. The highest BCUT2D eigenvalue weighted by molar-refractivity contribution is 5.80. The Bertz CT molecular complexity index is 200. The predicted molar refractivity (Wildman–Crippen MR) is 55.1 cm³/mol. The summed E-state index contributed by atoms with van der Waals surface area (Å²) in [6.07, 6.45) is 1.95. The van der Waals surface area contributed by atoms with Gasteiger partial charge in [0.25, 0.3) is 0 Å². The average molecular weight is 200 g/mol. The van der Waals surface area contributed by atoms with Crippen LogP contribution < -0.4 is 10.6 Å². The van der Waals surface area contributed by atoms with Crippen molar-refractivity contribution in [2.24, 2.45) is 0 Å². The molecule has 1 aliphatic rings. The van der Waals surface area contributed by atoms with Crippen molar-refractivity contribution in [1.82, 2.24) is 10.6 Å². The largest absolute Gasteiger partial charge is 0.372 e. The van der Waals surface area contributed by atoms with Crippen molar-refractivity contribution in [3.8, 4) is 0 Å². The van der Waals surface area contributed by atoms with Gasteiger partial charge in [-0.15, -0.1) is 0 Å². The van der Waals surface area contributed by atoms with Gasteiger partial charge in [0.2, 0.25) is 5.91 Å². The molecule has 0 bridgehead atoms. The number of rotatable bonds is 4. The zero-order valence-corrected chi connectivity index (χ0v) is 9.22. The molecule has 0 aromatic rings. The number of carbonyl (C=O) groups is 1. The molecule has 0 aromatic carbocycles. The van der Waals surface area contributed by atoms with Crippen molar-refractivity contribution in [2.75, 3.05) is 20.2 Å². The lowest BCUT2D eigenvalue weighted by molar-refractivity contribution is -0.130. The minimum atomic E-state index is -0.361.